The van der Waals surface area contributed by atoms with Crippen molar-refractivity contribution in [1.29, 1.82) is 0 Å². The van der Waals surface area contributed by atoms with E-state index in [9.17, 15) is 0 Å². The van der Waals surface area contributed by atoms with Crippen molar-refractivity contribution in [3.05, 3.63) is 26.2 Å². The summed E-state index contributed by atoms with van der Waals surface area (Å²) in [4.78, 5) is 4.42. The molecule has 74 valence electrons. The standard InChI is InChI=1S/C10H10BrIN2/c11-8-4-3-7(12)5-9(8)14-10(13)6-1-2-6/h3-6H,1-2H2,(H2,13,14). The van der Waals surface area contributed by atoms with E-state index >= 15 is 0 Å². The van der Waals surface area contributed by atoms with Gasteiger partial charge in [-0.15, -0.1) is 0 Å². The molecule has 2 nitrogen and oxygen atoms in total. The molecule has 0 saturated heterocycles. The molecule has 1 aromatic carbocycles. The van der Waals surface area contributed by atoms with Gasteiger partial charge >= 0.3 is 0 Å². The first-order valence-electron chi connectivity index (χ1n) is 4.46. The van der Waals surface area contributed by atoms with Crippen LogP contribution in [-0.4, -0.2) is 5.84 Å². The number of benzene rings is 1. The van der Waals surface area contributed by atoms with E-state index in [1.807, 2.05) is 18.2 Å². The Morgan fingerprint density at radius 2 is 2.21 bits per heavy atom. The number of nitrogens with zero attached hydrogens (tertiary/aromatic N) is 1. The maximum atomic E-state index is 5.86. The molecule has 1 aromatic rings. The van der Waals surface area contributed by atoms with E-state index in [0.29, 0.717) is 5.92 Å². The lowest BCUT2D eigenvalue weighted by molar-refractivity contribution is 1.15. The highest BCUT2D eigenvalue weighted by atomic mass is 127. The summed E-state index contributed by atoms with van der Waals surface area (Å²) in [7, 11) is 0. The van der Waals surface area contributed by atoms with Crippen molar-refractivity contribution in [2.75, 3.05) is 0 Å². The van der Waals surface area contributed by atoms with Crippen LogP contribution >= 0.6 is 38.5 Å². The van der Waals surface area contributed by atoms with E-state index in [1.165, 1.54) is 16.4 Å². The molecular formula is C10H10BrIN2. The molecule has 1 saturated carbocycles. The van der Waals surface area contributed by atoms with E-state index in [2.05, 4.69) is 43.5 Å². The Morgan fingerprint density at radius 1 is 1.50 bits per heavy atom. The van der Waals surface area contributed by atoms with Gasteiger partial charge in [0.1, 0.15) is 5.84 Å². The Labute approximate surface area is 105 Å². The van der Waals surface area contributed by atoms with Gasteiger partial charge in [-0.1, -0.05) is 0 Å². The molecule has 4 heteroatoms. The molecule has 1 fully saturated rings. The summed E-state index contributed by atoms with van der Waals surface area (Å²) in [5, 5.41) is 0. The maximum absolute atomic E-state index is 5.86. The van der Waals surface area contributed by atoms with Gasteiger partial charge in [0.05, 0.1) is 5.69 Å². The molecule has 0 atom stereocenters. The van der Waals surface area contributed by atoms with Crippen molar-refractivity contribution in [3.63, 3.8) is 0 Å². The fourth-order valence-electron chi connectivity index (χ4n) is 1.18. The van der Waals surface area contributed by atoms with E-state index in [0.717, 1.165) is 16.0 Å². The number of nitrogens with two attached hydrogens (primary N) is 1. The van der Waals surface area contributed by atoms with E-state index in [-0.39, 0.29) is 0 Å². The lowest BCUT2D eigenvalue weighted by Gasteiger charge is -2.01. The highest BCUT2D eigenvalue weighted by molar-refractivity contribution is 14.1. The Bertz CT molecular complexity index is 386. The predicted octanol–water partition coefficient (Wildman–Crippen LogP) is 3.45. The van der Waals surface area contributed by atoms with E-state index in [4.69, 9.17) is 5.73 Å². The average Bonchev–Trinajstić information content (AvgIpc) is 2.94. The van der Waals surface area contributed by atoms with E-state index in [1.54, 1.807) is 0 Å². The minimum Gasteiger partial charge on any atom is -0.387 e. The maximum Gasteiger partial charge on any atom is 0.103 e. The number of hydrogen-bond acceptors (Lipinski definition) is 1. The second-order valence-corrected chi connectivity index (χ2v) is 5.51. The quantitative estimate of drug-likeness (QED) is 0.487. The molecule has 1 aliphatic rings. The molecule has 0 aliphatic heterocycles. The van der Waals surface area contributed by atoms with Gasteiger partial charge in [-0.05, 0) is 69.6 Å². The second kappa shape index (κ2) is 4.18. The van der Waals surface area contributed by atoms with Crippen LogP contribution in [-0.2, 0) is 0 Å². The van der Waals surface area contributed by atoms with Crippen LogP contribution in [0.25, 0.3) is 0 Å². The Balaban J connectivity index is 2.30. The summed E-state index contributed by atoms with van der Waals surface area (Å²) < 4.78 is 2.18. The second-order valence-electron chi connectivity index (χ2n) is 3.41. The summed E-state index contributed by atoms with van der Waals surface area (Å²) >= 11 is 5.73. The molecule has 14 heavy (non-hydrogen) atoms. The highest BCUT2D eigenvalue weighted by Gasteiger charge is 2.25. The molecule has 0 bridgehead atoms. The summed E-state index contributed by atoms with van der Waals surface area (Å²) in [6.07, 6.45) is 2.38. The summed E-state index contributed by atoms with van der Waals surface area (Å²) in [5.41, 5.74) is 6.79. The van der Waals surface area contributed by atoms with Crippen LogP contribution in [0, 0.1) is 9.49 Å². The topological polar surface area (TPSA) is 38.4 Å². The molecular weight excluding hydrogens is 355 g/mol. The number of rotatable bonds is 2. The molecule has 0 spiro atoms. The minimum atomic E-state index is 0.528. The van der Waals surface area contributed by atoms with Crippen LogP contribution in [0.2, 0.25) is 0 Å². The van der Waals surface area contributed by atoms with Crippen LogP contribution in [0.4, 0.5) is 5.69 Å². The van der Waals surface area contributed by atoms with Gasteiger partial charge in [0, 0.05) is 14.0 Å². The zero-order valence-electron chi connectivity index (χ0n) is 7.50. The third kappa shape index (κ3) is 2.48. The number of hydrogen-bond donors (Lipinski definition) is 1. The van der Waals surface area contributed by atoms with Crippen LogP contribution in [0.5, 0.6) is 0 Å². The van der Waals surface area contributed by atoms with Crippen LogP contribution in [0.3, 0.4) is 0 Å². The zero-order valence-corrected chi connectivity index (χ0v) is 11.2. The normalized spacial score (nSPS) is 17.1. The largest absolute Gasteiger partial charge is 0.387 e. The van der Waals surface area contributed by atoms with Gasteiger partial charge in [-0.2, -0.15) is 0 Å². The minimum absolute atomic E-state index is 0.528. The summed E-state index contributed by atoms with van der Waals surface area (Å²) in [6.45, 7) is 0. The fourth-order valence-corrected chi connectivity index (χ4v) is 1.99. The third-order valence-electron chi connectivity index (χ3n) is 2.15. The van der Waals surface area contributed by atoms with Crippen LogP contribution in [0.15, 0.2) is 27.7 Å². The first-order valence-corrected chi connectivity index (χ1v) is 6.33. The average molecular weight is 365 g/mol. The molecule has 0 heterocycles. The SMILES string of the molecule is NC(=Nc1cc(I)ccc1Br)C1CC1. The Kier molecular flexibility index (Phi) is 3.11. The predicted molar refractivity (Wildman–Crippen MR) is 70.9 cm³/mol. The Morgan fingerprint density at radius 3 is 2.86 bits per heavy atom. The molecule has 0 amide bonds. The zero-order chi connectivity index (χ0) is 10.1. The summed E-state index contributed by atoms with van der Waals surface area (Å²) in [5.74, 6) is 1.30. The monoisotopic (exact) mass is 364 g/mol. The molecule has 2 N–H and O–H groups in total. The lowest BCUT2D eigenvalue weighted by atomic mass is 10.3. The first-order chi connectivity index (χ1) is 6.66. The van der Waals surface area contributed by atoms with Crippen molar-refractivity contribution >= 4 is 50.0 Å². The molecule has 1 aliphatic carbocycles. The van der Waals surface area contributed by atoms with Gasteiger partial charge in [0.15, 0.2) is 0 Å². The number of aliphatic imine (C=N–C) groups is 1. The first kappa shape index (κ1) is 10.4. The number of amidine groups is 1. The van der Waals surface area contributed by atoms with Gasteiger partial charge in [-0.3, -0.25) is 0 Å². The fraction of sp³-hybridized carbons (Fsp3) is 0.300. The van der Waals surface area contributed by atoms with Crippen molar-refractivity contribution < 1.29 is 0 Å². The van der Waals surface area contributed by atoms with Gasteiger partial charge in [0.2, 0.25) is 0 Å². The van der Waals surface area contributed by atoms with Gasteiger partial charge in [-0.25, -0.2) is 4.99 Å². The lowest BCUT2D eigenvalue weighted by Crippen LogP contribution is -2.13. The van der Waals surface area contributed by atoms with Crippen molar-refractivity contribution in [2.45, 2.75) is 12.8 Å². The highest BCUT2D eigenvalue weighted by Crippen LogP contribution is 2.32. The van der Waals surface area contributed by atoms with Crippen molar-refractivity contribution in [1.82, 2.24) is 0 Å². The molecule has 0 aromatic heterocycles. The van der Waals surface area contributed by atoms with Crippen LogP contribution < -0.4 is 5.73 Å². The molecule has 0 radical (unpaired) electrons. The third-order valence-corrected chi connectivity index (χ3v) is 3.49. The van der Waals surface area contributed by atoms with Crippen molar-refractivity contribution in [2.24, 2.45) is 16.6 Å². The van der Waals surface area contributed by atoms with E-state index < -0.39 is 0 Å². The molecule has 2 rings (SSSR count). The van der Waals surface area contributed by atoms with Crippen LogP contribution in [0.1, 0.15) is 12.8 Å². The summed E-state index contributed by atoms with van der Waals surface area (Å²) in [6, 6.07) is 6.07. The molecule has 0 unspecified atom stereocenters. The smallest absolute Gasteiger partial charge is 0.103 e. The Hall–Kier alpha value is -0.100. The number of halogens is 2. The van der Waals surface area contributed by atoms with Gasteiger partial charge in [0.25, 0.3) is 0 Å². The van der Waals surface area contributed by atoms with Gasteiger partial charge < -0.3 is 5.73 Å². The van der Waals surface area contributed by atoms with Crippen molar-refractivity contribution in [3.8, 4) is 0 Å².